The fraction of sp³-hybridized carbons (Fsp3) is 0.100. The monoisotopic (exact) mass is 394 g/mol. The first-order valence-electron chi connectivity index (χ1n) is 8.86. The molecule has 0 aliphatic carbocycles. The summed E-state index contributed by atoms with van der Waals surface area (Å²) in [6.07, 6.45) is 0. The van der Waals surface area contributed by atoms with Crippen LogP contribution in [0.5, 0.6) is 11.8 Å². The Bertz CT molecular complexity index is 1070. The maximum absolute atomic E-state index is 14.0. The molecule has 4 aromatic rings. The van der Waals surface area contributed by atoms with Gasteiger partial charge in [-0.25, -0.2) is 18.1 Å². The summed E-state index contributed by atoms with van der Waals surface area (Å²) < 4.78 is 42.1. The summed E-state index contributed by atoms with van der Waals surface area (Å²) >= 11 is 0. The van der Waals surface area contributed by atoms with E-state index in [2.05, 4.69) is 10.2 Å². The summed E-state index contributed by atoms with van der Waals surface area (Å²) in [6.45, 7) is 0. The van der Waals surface area contributed by atoms with Gasteiger partial charge in [-0.3, -0.25) is 0 Å². The Labute approximate surface area is 166 Å². The molecule has 0 N–H and O–H groups in total. The highest BCUT2D eigenvalue weighted by Gasteiger charge is 2.15. The summed E-state index contributed by atoms with van der Waals surface area (Å²) in [6, 6.07) is 16.1. The second-order valence-electron chi connectivity index (χ2n) is 6.35. The molecular formula is C20H17BF2N4O2. The molecule has 0 fully saturated rings. The average molecular weight is 394 g/mol. The third kappa shape index (κ3) is 3.84. The summed E-state index contributed by atoms with van der Waals surface area (Å²) in [5.41, 5.74) is 1.70. The molecule has 0 bridgehead atoms. The van der Waals surface area contributed by atoms with Gasteiger partial charge in [-0.15, -0.1) is 0 Å². The summed E-state index contributed by atoms with van der Waals surface area (Å²) in [5.74, 6) is 0.118. The van der Waals surface area contributed by atoms with Crippen LogP contribution in [0.1, 0.15) is 0 Å². The lowest BCUT2D eigenvalue weighted by Crippen LogP contribution is -2.14. The van der Waals surface area contributed by atoms with Crippen molar-refractivity contribution in [2.24, 2.45) is 14.1 Å². The quantitative estimate of drug-likeness (QED) is 0.470. The number of aromatic nitrogens is 4. The van der Waals surface area contributed by atoms with E-state index in [1.54, 1.807) is 62.6 Å². The van der Waals surface area contributed by atoms with Gasteiger partial charge in [0.15, 0.2) is 11.8 Å². The van der Waals surface area contributed by atoms with Crippen LogP contribution < -0.4 is 9.31 Å². The van der Waals surface area contributed by atoms with Crippen molar-refractivity contribution in [2.75, 3.05) is 0 Å². The molecule has 0 spiro atoms. The standard InChI is InChI=1S/C20H17BF2N4O2/c1-26-19(11-17(24-26)13-7-3-5-9-15(13)22)28-21-29-20-12-18(25-27(20)2)14-8-4-6-10-16(14)23/h3-12,21H,1-2H3. The molecule has 6 nitrogen and oxygen atoms in total. The number of nitrogens with zero attached hydrogens (tertiary/aromatic N) is 4. The molecule has 2 heterocycles. The minimum atomic E-state index is -0.357. The van der Waals surface area contributed by atoms with E-state index in [0.717, 1.165) is 0 Å². The molecule has 9 heteroatoms. The Balaban J connectivity index is 1.45. The van der Waals surface area contributed by atoms with Crippen LogP contribution in [-0.2, 0) is 14.1 Å². The van der Waals surface area contributed by atoms with Crippen molar-refractivity contribution in [3.05, 3.63) is 72.3 Å². The number of halogens is 2. The van der Waals surface area contributed by atoms with Crippen LogP contribution in [-0.4, -0.2) is 27.2 Å². The smallest absolute Gasteiger partial charge is 0.515 e. The van der Waals surface area contributed by atoms with E-state index in [0.29, 0.717) is 34.3 Å². The second-order valence-corrected chi connectivity index (χ2v) is 6.35. The highest BCUT2D eigenvalue weighted by atomic mass is 19.1. The van der Waals surface area contributed by atoms with Crippen LogP contribution in [0.25, 0.3) is 22.5 Å². The normalized spacial score (nSPS) is 10.8. The maximum Gasteiger partial charge on any atom is 0.578 e. The molecule has 0 aliphatic rings. The van der Waals surface area contributed by atoms with Gasteiger partial charge in [0, 0.05) is 37.4 Å². The number of hydrogen-bond acceptors (Lipinski definition) is 4. The zero-order chi connectivity index (χ0) is 20.4. The Hall–Kier alpha value is -3.62. The van der Waals surface area contributed by atoms with Crippen LogP contribution in [0.4, 0.5) is 8.78 Å². The van der Waals surface area contributed by atoms with E-state index in [1.165, 1.54) is 21.5 Å². The van der Waals surface area contributed by atoms with Gasteiger partial charge in [0.2, 0.25) is 0 Å². The highest BCUT2D eigenvalue weighted by molar-refractivity contribution is 6.20. The molecule has 2 aromatic carbocycles. The molecule has 0 aliphatic heterocycles. The lowest BCUT2D eigenvalue weighted by atomic mass is 10.1. The highest BCUT2D eigenvalue weighted by Crippen LogP contribution is 2.26. The van der Waals surface area contributed by atoms with Gasteiger partial charge in [0.05, 0.1) is 11.4 Å². The molecule has 2 aromatic heterocycles. The Morgan fingerprint density at radius 2 is 1.14 bits per heavy atom. The van der Waals surface area contributed by atoms with Crippen molar-refractivity contribution in [1.29, 1.82) is 0 Å². The third-order valence-electron chi connectivity index (χ3n) is 4.39. The number of aryl methyl sites for hydroxylation is 2. The van der Waals surface area contributed by atoms with Gasteiger partial charge in [-0.2, -0.15) is 10.2 Å². The average Bonchev–Trinajstić information content (AvgIpc) is 3.25. The first-order chi connectivity index (χ1) is 14.0. The maximum atomic E-state index is 14.0. The summed E-state index contributed by atoms with van der Waals surface area (Å²) in [5, 5.41) is 8.55. The lowest BCUT2D eigenvalue weighted by molar-refractivity contribution is 0.408. The summed E-state index contributed by atoms with van der Waals surface area (Å²) in [4.78, 5) is 0. The van der Waals surface area contributed by atoms with Gasteiger partial charge in [-0.05, 0) is 24.3 Å². The zero-order valence-corrected chi connectivity index (χ0v) is 15.8. The second kappa shape index (κ2) is 7.79. The molecule has 4 rings (SSSR count). The molecule has 0 unspecified atom stereocenters. The molecule has 146 valence electrons. The number of rotatable bonds is 6. The van der Waals surface area contributed by atoms with Crippen molar-refractivity contribution < 1.29 is 18.1 Å². The zero-order valence-electron chi connectivity index (χ0n) is 15.8. The summed E-state index contributed by atoms with van der Waals surface area (Å²) in [7, 11) is 3.27. The molecule has 29 heavy (non-hydrogen) atoms. The van der Waals surface area contributed by atoms with Crippen molar-refractivity contribution >= 4 is 7.69 Å². The minimum Gasteiger partial charge on any atom is -0.515 e. The van der Waals surface area contributed by atoms with Gasteiger partial charge in [0.25, 0.3) is 0 Å². The van der Waals surface area contributed by atoms with Crippen molar-refractivity contribution in [2.45, 2.75) is 0 Å². The van der Waals surface area contributed by atoms with Gasteiger partial charge in [-0.1, -0.05) is 24.3 Å². The topological polar surface area (TPSA) is 54.1 Å². The van der Waals surface area contributed by atoms with E-state index in [9.17, 15) is 8.78 Å². The fourth-order valence-electron chi connectivity index (χ4n) is 2.92. The molecular weight excluding hydrogens is 377 g/mol. The lowest BCUT2D eigenvalue weighted by Gasteiger charge is -2.06. The number of benzene rings is 2. The van der Waals surface area contributed by atoms with E-state index in [-0.39, 0.29) is 19.3 Å². The third-order valence-corrected chi connectivity index (χ3v) is 4.39. The van der Waals surface area contributed by atoms with Crippen LogP contribution in [0.2, 0.25) is 0 Å². The van der Waals surface area contributed by atoms with Gasteiger partial charge < -0.3 is 9.31 Å². The van der Waals surface area contributed by atoms with Crippen LogP contribution >= 0.6 is 0 Å². The van der Waals surface area contributed by atoms with Gasteiger partial charge >= 0.3 is 7.69 Å². The van der Waals surface area contributed by atoms with Crippen molar-refractivity contribution in [3.63, 3.8) is 0 Å². The first-order valence-corrected chi connectivity index (χ1v) is 8.86. The Morgan fingerprint density at radius 1 is 0.724 bits per heavy atom. The van der Waals surface area contributed by atoms with E-state index in [4.69, 9.17) is 9.31 Å². The number of hydrogen-bond donors (Lipinski definition) is 0. The van der Waals surface area contributed by atoms with E-state index < -0.39 is 0 Å². The largest absolute Gasteiger partial charge is 0.578 e. The van der Waals surface area contributed by atoms with E-state index in [1.807, 2.05) is 0 Å². The first kappa shape index (κ1) is 18.7. The predicted octanol–water partition coefficient (Wildman–Crippen LogP) is 3.49. The van der Waals surface area contributed by atoms with Crippen molar-refractivity contribution in [1.82, 2.24) is 19.6 Å². The molecule has 0 saturated heterocycles. The Morgan fingerprint density at radius 3 is 1.55 bits per heavy atom. The van der Waals surface area contributed by atoms with Crippen LogP contribution in [0.3, 0.4) is 0 Å². The molecule has 0 atom stereocenters. The Kier molecular flexibility index (Phi) is 5.03. The SMILES string of the molecule is Cn1nc(-c2ccccc2F)cc1OBOc1cc(-c2ccccc2F)nn1C. The molecule has 0 saturated carbocycles. The van der Waals surface area contributed by atoms with Gasteiger partial charge in [0.1, 0.15) is 11.6 Å². The van der Waals surface area contributed by atoms with E-state index >= 15 is 0 Å². The van der Waals surface area contributed by atoms with Crippen LogP contribution in [0.15, 0.2) is 60.7 Å². The predicted molar refractivity (Wildman–Crippen MR) is 106 cm³/mol. The van der Waals surface area contributed by atoms with Crippen molar-refractivity contribution in [3.8, 4) is 34.3 Å². The minimum absolute atomic E-state index is 0.119. The molecule has 0 amide bonds. The fourth-order valence-corrected chi connectivity index (χ4v) is 2.92. The molecule has 0 radical (unpaired) electrons. The van der Waals surface area contributed by atoms with Crippen LogP contribution in [0, 0.1) is 11.6 Å².